The summed E-state index contributed by atoms with van der Waals surface area (Å²) in [6, 6.07) is 89.8. The maximum atomic E-state index is 6.52. The summed E-state index contributed by atoms with van der Waals surface area (Å²) in [5, 5.41) is 5.31. The Labute approximate surface area is 545 Å². The molecule has 1 aliphatic rings. The van der Waals surface area contributed by atoms with E-state index < -0.39 is 18.3 Å². The number of pyridine rings is 2. The maximum absolute atomic E-state index is 6.52. The zero-order chi connectivity index (χ0) is 62.3. The molecule has 1 saturated heterocycles. The number of fused-ring (bicyclic) bond motifs is 8. The molecule has 6 aromatic heterocycles. The van der Waals surface area contributed by atoms with Crippen molar-refractivity contribution in [2.75, 3.05) is 0 Å². The minimum atomic E-state index is -0.511. The fraction of sp³-hybridized carbons (Fsp3) is 0.0769. The highest BCUT2D eigenvalue weighted by Crippen LogP contribution is 2.46. The maximum Gasteiger partial charge on any atom is 0.495 e. The van der Waals surface area contributed by atoms with Gasteiger partial charge in [0.05, 0.1) is 47.7 Å². The first kappa shape index (κ1) is 58.1. The van der Waals surface area contributed by atoms with Crippen LogP contribution in [0.3, 0.4) is 0 Å². The number of thiophene rings is 2. The number of aromatic nitrogens is 8. The van der Waals surface area contributed by atoms with Gasteiger partial charge >= 0.3 is 7.12 Å². The van der Waals surface area contributed by atoms with Crippen molar-refractivity contribution >= 4 is 109 Å². The summed E-state index contributed by atoms with van der Waals surface area (Å²) in [6.07, 6.45) is 0. The molecule has 10 nitrogen and oxygen atoms in total. The van der Waals surface area contributed by atoms with Gasteiger partial charge in [0.2, 0.25) is 0 Å². The molecule has 92 heavy (non-hydrogen) atoms. The average Bonchev–Trinajstić information content (AvgIpc) is 1.50. The van der Waals surface area contributed by atoms with Crippen molar-refractivity contribution in [2.24, 2.45) is 0 Å². The molecular weight excluding hydrogens is 1190 g/mol. The van der Waals surface area contributed by atoms with E-state index in [9.17, 15) is 0 Å². The van der Waals surface area contributed by atoms with Gasteiger partial charge in [-0.2, -0.15) is 0 Å². The third-order valence-corrected chi connectivity index (χ3v) is 19.7. The second-order valence-corrected chi connectivity index (χ2v) is 25.8. The molecule has 0 amide bonds. The van der Waals surface area contributed by atoms with Crippen LogP contribution in [0.4, 0.5) is 0 Å². The normalized spacial score (nSPS) is 13.3. The second kappa shape index (κ2) is 24.5. The summed E-state index contributed by atoms with van der Waals surface area (Å²) in [5.41, 5.74) is 11.8. The number of halogens is 1. The van der Waals surface area contributed by atoms with Gasteiger partial charge in [0.15, 0.2) is 34.9 Å². The topological polar surface area (TPSA) is 122 Å². The van der Waals surface area contributed by atoms with Gasteiger partial charge < -0.3 is 9.31 Å². The minimum Gasteiger partial charge on any atom is -0.399 e. The predicted octanol–water partition coefficient (Wildman–Crippen LogP) is 19.9. The average molecular weight is 1250 g/mol. The first-order valence-corrected chi connectivity index (χ1v) is 32.4. The summed E-state index contributed by atoms with van der Waals surface area (Å²) in [7, 11) is -0.511. The third-order valence-electron chi connectivity index (χ3n) is 16.9. The molecule has 0 radical (unpaired) electrons. The Morgan fingerprint density at radius 1 is 0.315 bits per heavy atom. The fourth-order valence-electron chi connectivity index (χ4n) is 11.5. The molecule has 0 saturated carbocycles. The van der Waals surface area contributed by atoms with E-state index in [1.54, 1.807) is 22.7 Å². The molecular formula is C78H56BClN8O2S2. The van der Waals surface area contributed by atoms with Gasteiger partial charge in [-0.05, 0) is 63.0 Å². The summed E-state index contributed by atoms with van der Waals surface area (Å²) in [4.78, 5) is 39.4. The molecule has 14 heteroatoms. The van der Waals surface area contributed by atoms with Crippen LogP contribution in [0.15, 0.2) is 267 Å². The lowest BCUT2D eigenvalue weighted by atomic mass is 9.75. The van der Waals surface area contributed by atoms with Crippen molar-refractivity contribution in [3.8, 4) is 79.5 Å². The lowest BCUT2D eigenvalue weighted by Crippen LogP contribution is -2.41. The van der Waals surface area contributed by atoms with Gasteiger partial charge in [0.1, 0.15) is 0 Å². The van der Waals surface area contributed by atoms with Crippen LogP contribution < -0.4 is 5.46 Å². The van der Waals surface area contributed by atoms with Crippen molar-refractivity contribution in [3.63, 3.8) is 0 Å². The lowest BCUT2D eigenvalue weighted by Gasteiger charge is -2.32. The SMILES string of the molecule is CC1(C)OB(c2ccccc2-c2nc(-c3ccccc3)nc(-c3ccccc3)n2)OC1(C)C.Clc1c2ccccc2nc2c1sc1ccccc12.c1ccc(-c2nc(-c3ccccc3)nc(-c3ccccc3-c3c4ccccc4nc4c3sc3ccccc34)n2)cc1. The van der Waals surface area contributed by atoms with E-state index >= 15 is 0 Å². The van der Waals surface area contributed by atoms with E-state index in [1.165, 1.54) is 20.2 Å². The monoisotopic (exact) mass is 1250 g/mol. The molecule has 1 fully saturated rings. The Hall–Kier alpha value is -10.2. The highest BCUT2D eigenvalue weighted by atomic mass is 35.5. The van der Waals surface area contributed by atoms with Crippen molar-refractivity contribution in [2.45, 2.75) is 38.9 Å². The highest BCUT2D eigenvalue weighted by Gasteiger charge is 2.52. The Morgan fingerprint density at radius 2 is 0.652 bits per heavy atom. The van der Waals surface area contributed by atoms with Crippen LogP contribution >= 0.6 is 34.3 Å². The lowest BCUT2D eigenvalue weighted by molar-refractivity contribution is 0.00578. The molecule has 442 valence electrons. The Bertz CT molecular complexity index is 5270. The fourth-order valence-corrected chi connectivity index (χ4v) is 14.2. The number of para-hydroxylation sites is 2. The molecule has 16 aromatic rings. The molecule has 7 heterocycles. The third kappa shape index (κ3) is 11.1. The van der Waals surface area contributed by atoms with Crippen molar-refractivity contribution in [1.29, 1.82) is 0 Å². The molecule has 0 unspecified atom stereocenters. The molecule has 0 atom stereocenters. The summed E-state index contributed by atoms with van der Waals surface area (Å²) >= 11 is 10.0. The number of rotatable bonds is 8. The van der Waals surface area contributed by atoms with Gasteiger partial charge in [-0.1, -0.05) is 254 Å². The number of hydrogen-bond acceptors (Lipinski definition) is 12. The molecule has 17 rings (SSSR count). The van der Waals surface area contributed by atoms with E-state index in [2.05, 4.69) is 113 Å². The van der Waals surface area contributed by atoms with Crippen molar-refractivity contribution in [1.82, 2.24) is 39.9 Å². The van der Waals surface area contributed by atoms with Gasteiger partial charge in [-0.3, -0.25) is 0 Å². The van der Waals surface area contributed by atoms with Crippen LogP contribution in [0, 0.1) is 0 Å². The van der Waals surface area contributed by atoms with Gasteiger partial charge in [-0.15, -0.1) is 22.7 Å². The van der Waals surface area contributed by atoms with Crippen LogP contribution in [0.1, 0.15) is 27.7 Å². The van der Waals surface area contributed by atoms with Crippen LogP contribution in [0.25, 0.3) is 142 Å². The summed E-state index contributed by atoms with van der Waals surface area (Å²) in [5.74, 6) is 3.79. The largest absolute Gasteiger partial charge is 0.495 e. The van der Waals surface area contributed by atoms with Crippen molar-refractivity contribution < 1.29 is 9.31 Å². The van der Waals surface area contributed by atoms with E-state index in [0.29, 0.717) is 34.9 Å². The number of benzene rings is 10. The molecule has 10 aromatic carbocycles. The molecule has 0 N–H and O–H groups in total. The van der Waals surface area contributed by atoms with E-state index in [-0.39, 0.29) is 0 Å². The van der Waals surface area contributed by atoms with Gasteiger partial charge in [0.25, 0.3) is 0 Å². The molecule has 1 aliphatic heterocycles. The van der Waals surface area contributed by atoms with Crippen LogP contribution in [-0.2, 0) is 9.31 Å². The Balaban J connectivity index is 0.000000123. The first-order chi connectivity index (χ1) is 45.0. The van der Waals surface area contributed by atoms with Crippen LogP contribution in [0.2, 0.25) is 5.02 Å². The predicted molar refractivity (Wildman–Crippen MR) is 381 cm³/mol. The first-order valence-electron chi connectivity index (χ1n) is 30.4. The zero-order valence-corrected chi connectivity index (χ0v) is 53.0. The quantitative estimate of drug-likeness (QED) is 0.136. The summed E-state index contributed by atoms with van der Waals surface area (Å²) < 4.78 is 17.4. The Kier molecular flexibility index (Phi) is 15.5. The van der Waals surface area contributed by atoms with Crippen molar-refractivity contribution in [3.05, 3.63) is 272 Å². The standard InChI is InChI=1S/C36H22N4S.C27H26BN3O2.C15H8ClNS/c1-3-13-23(14-4-1)34-38-35(24-15-5-2-6-16-24)40-36(39-34)26-18-8-7-17-25(26)31-27-19-9-11-21-29(27)37-32-28-20-10-12-22-30(28)41-33(31)32;1-26(2)27(3,4)33-28(32-26)22-18-12-11-17-21(22)25-30-23(19-13-7-5-8-14-19)29-24(31-25)20-15-9-6-10-16-20;16-13-9-5-1-3-7-11(9)17-14-10-6-2-4-8-12(10)18-15(13)14/h1-22H;5-18H,1-4H3;1-8H. The van der Waals surface area contributed by atoms with Gasteiger partial charge in [-0.25, -0.2) is 39.9 Å². The zero-order valence-electron chi connectivity index (χ0n) is 50.6. The van der Waals surface area contributed by atoms with E-state index in [4.69, 9.17) is 60.8 Å². The summed E-state index contributed by atoms with van der Waals surface area (Å²) in [6.45, 7) is 8.22. The molecule has 0 bridgehead atoms. The van der Waals surface area contributed by atoms with Crippen LogP contribution in [0.5, 0.6) is 0 Å². The smallest absolute Gasteiger partial charge is 0.399 e. The highest BCUT2D eigenvalue weighted by molar-refractivity contribution is 7.26. The molecule has 0 aliphatic carbocycles. The number of hydrogen-bond donors (Lipinski definition) is 0. The number of nitrogens with zero attached hydrogens (tertiary/aromatic N) is 8. The Morgan fingerprint density at radius 3 is 1.14 bits per heavy atom. The van der Waals surface area contributed by atoms with E-state index in [1.807, 2.05) is 182 Å². The second-order valence-electron chi connectivity index (χ2n) is 23.3. The van der Waals surface area contributed by atoms with E-state index in [0.717, 1.165) is 97.2 Å². The molecule has 0 spiro atoms. The minimum absolute atomic E-state index is 0.436. The van der Waals surface area contributed by atoms with Gasteiger partial charge in [0, 0.05) is 69.9 Å². The van der Waals surface area contributed by atoms with Crippen LogP contribution in [-0.4, -0.2) is 58.2 Å².